The number of hydrogen-bond acceptors (Lipinski definition) is 2. The predicted molar refractivity (Wildman–Crippen MR) is 76.1 cm³/mol. The van der Waals surface area contributed by atoms with Gasteiger partial charge in [0.1, 0.15) is 0 Å². The molecule has 3 heteroatoms. The summed E-state index contributed by atoms with van der Waals surface area (Å²) in [6, 6.07) is 2.60. The first-order valence-corrected chi connectivity index (χ1v) is 6.79. The zero-order chi connectivity index (χ0) is 13.4. The van der Waals surface area contributed by atoms with E-state index in [1.807, 2.05) is 10.9 Å². The van der Waals surface area contributed by atoms with Gasteiger partial charge in [-0.25, -0.2) is 9.67 Å². The maximum Gasteiger partial charge on any atom is 0.158 e. The highest BCUT2D eigenvalue weighted by Gasteiger charge is 2.17. The second-order valence-corrected chi connectivity index (χ2v) is 5.87. The fourth-order valence-electron chi connectivity index (χ4n) is 2.16. The first-order chi connectivity index (χ1) is 8.41. The van der Waals surface area contributed by atoms with Gasteiger partial charge in [0.25, 0.3) is 0 Å². The van der Waals surface area contributed by atoms with Gasteiger partial charge in [-0.3, -0.25) is 0 Å². The van der Waals surface area contributed by atoms with Crippen molar-refractivity contribution in [3.05, 3.63) is 23.5 Å². The fraction of sp³-hybridized carbons (Fsp3) is 0.600. The standard InChI is InChI=1S/C15H23N3/c1-9(2)12-7-13-14(10(3)4)17-18(11(5)6)15(13)16-8-12/h7-11H,1-6H3. The Morgan fingerprint density at radius 3 is 2.17 bits per heavy atom. The minimum atomic E-state index is 0.345. The Kier molecular flexibility index (Phi) is 3.42. The van der Waals surface area contributed by atoms with E-state index in [4.69, 9.17) is 5.10 Å². The quantitative estimate of drug-likeness (QED) is 0.809. The lowest BCUT2D eigenvalue weighted by molar-refractivity contribution is 0.535. The van der Waals surface area contributed by atoms with E-state index in [0.29, 0.717) is 17.9 Å². The van der Waals surface area contributed by atoms with E-state index in [-0.39, 0.29) is 0 Å². The third-order valence-corrected chi connectivity index (χ3v) is 3.30. The highest BCUT2D eigenvalue weighted by Crippen LogP contribution is 2.28. The summed E-state index contributed by atoms with van der Waals surface area (Å²) in [5, 5.41) is 5.96. The van der Waals surface area contributed by atoms with Crippen LogP contribution in [0.5, 0.6) is 0 Å². The lowest BCUT2D eigenvalue weighted by atomic mass is 10.0. The molecule has 0 spiro atoms. The molecule has 0 aliphatic rings. The molecule has 0 fully saturated rings. The Labute approximate surface area is 109 Å². The van der Waals surface area contributed by atoms with Gasteiger partial charge in [0.05, 0.1) is 5.69 Å². The molecular formula is C15H23N3. The van der Waals surface area contributed by atoms with Crippen molar-refractivity contribution in [2.24, 2.45) is 0 Å². The van der Waals surface area contributed by atoms with Crippen LogP contribution < -0.4 is 0 Å². The number of pyridine rings is 1. The fourth-order valence-corrected chi connectivity index (χ4v) is 2.16. The molecule has 98 valence electrons. The van der Waals surface area contributed by atoms with Crippen molar-refractivity contribution in [1.82, 2.24) is 14.8 Å². The Morgan fingerprint density at radius 1 is 1.00 bits per heavy atom. The normalized spacial score (nSPS) is 12.3. The van der Waals surface area contributed by atoms with Crippen molar-refractivity contribution < 1.29 is 0 Å². The van der Waals surface area contributed by atoms with Crippen LogP contribution in [0.25, 0.3) is 11.0 Å². The summed E-state index contributed by atoms with van der Waals surface area (Å²) >= 11 is 0. The third-order valence-electron chi connectivity index (χ3n) is 3.30. The molecule has 2 aromatic rings. The zero-order valence-corrected chi connectivity index (χ0v) is 12.2. The molecule has 0 aliphatic heterocycles. The van der Waals surface area contributed by atoms with E-state index in [2.05, 4.69) is 52.6 Å². The summed E-state index contributed by atoms with van der Waals surface area (Å²) in [4.78, 5) is 4.63. The van der Waals surface area contributed by atoms with Gasteiger partial charge >= 0.3 is 0 Å². The van der Waals surface area contributed by atoms with Gasteiger partial charge in [-0.15, -0.1) is 0 Å². The zero-order valence-electron chi connectivity index (χ0n) is 12.2. The molecule has 3 nitrogen and oxygen atoms in total. The molecule has 0 aliphatic carbocycles. The molecule has 0 N–H and O–H groups in total. The van der Waals surface area contributed by atoms with Gasteiger partial charge in [-0.2, -0.15) is 5.10 Å². The van der Waals surface area contributed by atoms with E-state index < -0.39 is 0 Å². The molecule has 2 aromatic heterocycles. The SMILES string of the molecule is CC(C)c1cnc2c(c1)c(C(C)C)nn2C(C)C. The maximum atomic E-state index is 4.74. The molecule has 2 rings (SSSR count). The van der Waals surface area contributed by atoms with Crippen molar-refractivity contribution in [2.75, 3.05) is 0 Å². The van der Waals surface area contributed by atoms with Crippen molar-refractivity contribution >= 4 is 11.0 Å². The van der Waals surface area contributed by atoms with E-state index >= 15 is 0 Å². The monoisotopic (exact) mass is 245 g/mol. The van der Waals surface area contributed by atoms with Gasteiger partial charge in [0.15, 0.2) is 5.65 Å². The summed E-state index contributed by atoms with van der Waals surface area (Å²) < 4.78 is 2.04. The molecule has 0 unspecified atom stereocenters. The van der Waals surface area contributed by atoms with Crippen LogP contribution in [0, 0.1) is 0 Å². The van der Waals surface area contributed by atoms with Crippen LogP contribution in [0.3, 0.4) is 0 Å². The van der Waals surface area contributed by atoms with Crippen molar-refractivity contribution in [2.45, 2.75) is 59.4 Å². The molecule has 0 bridgehead atoms. The lowest BCUT2D eigenvalue weighted by Crippen LogP contribution is -2.04. The van der Waals surface area contributed by atoms with Crippen LogP contribution in [-0.4, -0.2) is 14.8 Å². The van der Waals surface area contributed by atoms with Crippen molar-refractivity contribution in [3.8, 4) is 0 Å². The van der Waals surface area contributed by atoms with Crippen LogP contribution >= 0.6 is 0 Å². The molecule has 0 radical (unpaired) electrons. The summed E-state index contributed by atoms with van der Waals surface area (Å²) in [6.07, 6.45) is 1.98. The Hall–Kier alpha value is -1.38. The number of hydrogen-bond donors (Lipinski definition) is 0. The number of nitrogens with zero attached hydrogens (tertiary/aromatic N) is 3. The van der Waals surface area contributed by atoms with E-state index in [9.17, 15) is 0 Å². The van der Waals surface area contributed by atoms with Crippen molar-refractivity contribution in [3.63, 3.8) is 0 Å². The number of fused-ring (bicyclic) bond motifs is 1. The molecule has 18 heavy (non-hydrogen) atoms. The second-order valence-electron chi connectivity index (χ2n) is 5.87. The topological polar surface area (TPSA) is 30.7 Å². The lowest BCUT2D eigenvalue weighted by Gasteiger charge is -2.07. The molecule has 0 saturated carbocycles. The molecular weight excluding hydrogens is 222 g/mol. The summed E-state index contributed by atoms with van der Waals surface area (Å²) in [7, 11) is 0. The van der Waals surface area contributed by atoms with Gasteiger partial charge in [0.2, 0.25) is 0 Å². The highest BCUT2D eigenvalue weighted by molar-refractivity contribution is 5.79. The van der Waals surface area contributed by atoms with Crippen LogP contribution in [0.1, 0.15) is 70.7 Å². The Morgan fingerprint density at radius 2 is 1.67 bits per heavy atom. The molecule has 0 saturated heterocycles. The summed E-state index contributed by atoms with van der Waals surface area (Å²) in [6.45, 7) is 13.1. The predicted octanol–water partition coefficient (Wildman–Crippen LogP) is 4.26. The third kappa shape index (κ3) is 2.14. The number of aromatic nitrogens is 3. The Bertz CT molecular complexity index is 550. The van der Waals surface area contributed by atoms with Gasteiger partial charge < -0.3 is 0 Å². The largest absolute Gasteiger partial charge is 0.244 e. The average molecular weight is 245 g/mol. The molecule has 0 amide bonds. The first-order valence-electron chi connectivity index (χ1n) is 6.79. The molecule has 2 heterocycles. The van der Waals surface area contributed by atoms with Crippen LogP contribution in [-0.2, 0) is 0 Å². The average Bonchev–Trinajstić information content (AvgIpc) is 2.67. The smallest absolute Gasteiger partial charge is 0.158 e. The number of rotatable bonds is 3. The molecule has 0 aromatic carbocycles. The van der Waals surface area contributed by atoms with E-state index in [1.54, 1.807) is 0 Å². The molecule has 0 atom stereocenters. The minimum Gasteiger partial charge on any atom is -0.244 e. The summed E-state index contributed by atoms with van der Waals surface area (Å²) in [5.41, 5.74) is 3.46. The van der Waals surface area contributed by atoms with Crippen LogP contribution in [0.4, 0.5) is 0 Å². The van der Waals surface area contributed by atoms with Gasteiger partial charge in [0, 0.05) is 17.6 Å². The highest BCUT2D eigenvalue weighted by atomic mass is 15.3. The van der Waals surface area contributed by atoms with Crippen molar-refractivity contribution in [1.29, 1.82) is 0 Å². The van der Waals surface area contributed by atoms with Gasteiger partial charge in [-0.05, 0) is 37.3 Å². The maximum absolute atomic E-state index is 4.74. The van der Waals surface area contributed by atoms with E-state index in [0.717, 1.165) is 11.3 Å². The van der Waals surface area contributed by atoms with Crippen LogP contribution in [0.2, 0.25) is 0 Å². The first kappa shape index (κ1) is 13.1. The Balaban J connectivity index is 2.71. The van der Waals surface area contributed by atoms with Gasteiger partial charge in [-0.1, -0.05) is 27.7 Å². The summed E-state index contributed by atoms with van der Waals surface area (Å²) in [5.74, 6) is 0.932. The van der Waals surface area contributed by atoms with E-state index in [1.165, 1.54) is 10.9 Å². The second kappa shape index (κ2) is 4.71. The van der Waals surface area contributed by atoms with Crippen LogP contribution in [0.15, 0.2) is 12.3 Å². The minimum absolute atomic E-state index is 0.345.